The molecule has 3 aromatic rings. The molecule has 0 atom stereocenters. The summed E-state index contributed by atoms with van der Waals surface area (Å²) in [5.74, 6) is 0.456. The molecule has 0 saturated carbocycles. The number of anilines is 1. The number of ether oxygens (including phenoxy) is 2. The molecule has 0 aliphatic carbocycles. The van der Waals surface area contributed by atoms with E-state index in [1.807, 2.05) is 0 Å². The fourth-order valence-electron chi connectivity index (χ4n) is 2.51. The highest BCUT2D eigenvalue weighted by atomic mass is 16.5. The molecule has 0 unspecified atom stereocenters. The van der Waals surface area contributed by atoms with Gasteiger partial charge in [-0.1, -0.05) is 6.07 Å². The standard InChI is InChI=1S/C18H17N3O4/c1-11-16(18(23)21-9-5-4-6-15(21)19-11)20-17(22)13-8-7-12(24-2)10-14(13)25-3/h4-10H,1-3H3,(H,20,22). The minimum Gasteiger partial charge on any atom is -0.497 e. The van der Waals surface area contributed by atoms with Crippen molar-refractivity contribution in [3.63, 3.8) is 0 Å². The number of aryl methyl sites for hydroxylation is 1. The molecule has 0 saturated heterocycles. The van der Waals surface area contributed by atoms with Crippen molar-refractivity contribution in [3.8, 4) is 11.5 Å². The quantitative estimate of drug-likeness (QED) is 0.788. The molecule has 0 radical (unpaired) electrons. The van der Waals surface area contributed by atoms with Crippen LogP contribution in [-0.2, 0) is 0 Å². The molecular formula is C18H17N3O4. The van der Waals surface area contributed by atoms with E-state index in [0.29, 0.717) is 28.4 Å². The largest absolute Gasteiger partial charge is 0.497 e. The van der Waals surface area contributed by atoms with Crippen LogP contribution in [0.1, 0.15) is 16.1 Å². The van der Waals surface area contributed by atoms with E-state index in [4.69, 9.17) is 9.47 Å². The molecule has 0 aliphatic heterocycles. The molecule has 2 aromatic heterocycles. The molecule has 1 N–H and O–H groups in total. The number of rotatable bonds is 4. The Kier molecular flexibility index (Phi) is 4.38. The summed E-state index contributed by atoms with van der Waals surface area (Å²) in [6.45, 7) is 1.68. The monoisotopic (exact) mass is 339 g/mol. The second-order valence-corrected chi connectivity index (χ2v) is 5.33. The van der Waals surface area contributed by atoms with Crippen molar-refractivity contribution in [1.29, 1.82) is 0 Å². The van der Waals surface area contributed by atoms with Crippen LogP contribution in [0.25, 0.3) is 5.65 Å². The van der Waals surface area contributed by atoms with E-state index in [9.17, 15) is 9.59 Å². The van der Waals surface area contributed by atoms with Gasteiger partial charge in [0.25, 0.3) is 11.5 Å². The first-order valence-electron chi connectivity index (χ1n) is 7.56. The third-order valence-electron chi connectivity index (χ3n) is 3.81. The van der Waals surface area contributed by atoms with Crippen molar-refractivity contribution < 1.29 is 14.3 Å². The summed E-state index contributed by atoms with van der Waals surface area (Å²) in [6.07, 6.45) is 1.60. The van der Waals surface area contributed by atoms with Crippen LogP contribution in [-0.4, -0.2) is 29.5 Å². The molecule has 2 heterocycles. The predicted molar refractivity (Wildman–Crippen MR) is 93.7 cm³/mol. The number of benzene rings is 1. The number of fused-ring (bicyclic) bond motifs is 1. The normalized spacial score (nSPS) is 10.5. The summed E-state index contributed by atoms with van der Waals surface area (Å²) in [6, 6.07) is 10.1. The summed E-state index contributed by atoms with van der Waals surface area (Å²) in [5, 5.41) is 2.64. The molecule has 1 aromatic carbocycles. The number of carbonyl (C=O) groups excluding carboxylic acids is 1. The fourth-order valence-corrected chi connectivity index (χ4v) is 2.51. The van der Waals surface area contributed by atoms with Crippen LogP contribution in [0.4, 0.5) is 5.69 Å². The Morgan fingerprint density at radius 2 is 1.96 bits per heavy atom. The lowest BCUT2D eigenvalue weighted by atomic mass is 10.1. The van der Waals surface area contributed by atoms with Gasteiger partial charge in [-0.3, -0.25) is 14.0 Å². The third-order valence-corrected chi connectivity index (χ3v) is 3.81. The first-order chi connectivity index (χ1) is 12.0. The van der Waals surface area contributed by atoms with Gasteiger partial charge >= 0.3 is 0 Å². The molecule has 25 heavy (non-hydrogen) atoms. The number of hydrogen-bond acceptors (Lipinski definition) is 5. The van der Waals surface area contributed by atoms with Crippen molar-refractivity contribution in [2.75, 3.05) is 19.5 Å². The van der Waals surface area contributed by atoms with Crippen molar-refractivity contribution in [3.05, 3.63) is 64.2 Å². The van der Waals surface area contributed by atoms with E-state index >= 15 is 0 Å². The van der Waals surface area contributed by atoms with E-state index in [2.05, 4.69) is 10.3 Å². The van der Waals surface area contributed by atoms with Crippen LogP contribution >= 0.6 is 0 Å². The molecule has 0 spiro atoms. The molecule has 7 heteroatoms. The SMILES string of the molecule is COc1ccc(C(=O)Nc2c(C)nc3ccccn3c2=O)c(OC)c1. The third kappa shape index (κ3) is 3.03. The van der Waals surface area contributed by atoms with Crippen LogP contribution in [0.2, 0.25) is 0 Å². The topological polar surface area (TPSA) is 81.9 Å². The van der Waals surface area contributed by atoms with Crippen molar-refractivity contribution in [2.24, 2.45) is 0 Å². The fraction of sp³-hybridized carbons (Fsp3) is 0.167. The van der Waals surface area contributed by atoms with Crippen LogP contribution in [0.15, 0.2) is 47.4 Å². The van der Waals surface area contributed by atoms with Gasteiger partial charge in [-0.2, -0.15) is 0 Å². The Balaban J connectivity index is 2.02. The Morgan fingerprint density at radius 1 is 1.16 bits per heavy atom. The summed E-state index contributed by atoms with van der Waals surface area (Å²) in [7, 11) is 2.99. The maximum Gasteiger partial charge on any atom is 0.281 e. The summed E-state index contributed by atoms with van der Waals surface area (Å²) in [5.41, 5.74) is 1.04. The van der Waals surface area contributed by atoms with Gasteiger partial charge in [0.2, 0.25) is 0 Å². The van der Waals surface area contributed by atoms with E-state index in [0.717, 1.165) is 0 Å². The number of amides is 1. The zero-order valence-electron chi connectivity index (χ0n) is 14.1. The van der Waals surface area contributed by atoms with E-state index in [1.165, 1.54) is 18.6 Å². The average Bonchev–Trinajstić information content (AvgIpc) is 2.64. The lowest BCUT2D eigenvalue weighted by molar-refractivity contribution is 0.102. The highest BCUT2D eigenvalue weighted by molar-refractivity contribution is 6.06. The Labute approximate surface area is 143 Å². The lowest BCUT2D eigenvalue weighted by Gasteiger charge is -2.12. The minimum absolute atomic E-state index is 0.131. The lowest BCUT2D eigenvalue weighted by Crippen LogP contribution is -2.25. The van der Waals surface area contributed by atoms with Crippen LogP contribution in [0.3, 0.4) is 0 Å². The van der Waals surface area contributed by atoms with Gasteiger partial charge in [0.05, 0.1) is 25.5 Å². The van der Waals surface area contributed by atoms with Gasteiger partial charge < -0.3 is 14.8 Å². The highest BCUT2D eigenvalue weighted by Gasteiger charge is 2.17. The summed E-state index contributed by atoms with van der Waals surface area (Å²) < 4.78 is 11.7. The molecule has 3 rings (SSSR count). The van der Waals surface area contributed by atoms with Gasteiger partial charge in [-0.15, -0.1) is 0 Å². The van der Waals surface area contributed by atoms with Crippen LogP contribution < -0.4 is 20.3 Å². The second-order valence-electron chi connectivity index (χ2n) is 5.33. The van der Waals surface area contributed by atoms with Crippen molar-refractivity contribution >= 4 is 17.2 Å². The predicted octanol–water partition coefficient (Wildman–Crippen LogP) is 2.27. The molecule has 7 nitrogen and oxygen atoms in total. The maximum atomic E-state index is 12.6. The maximum absolute atomic E-state index is 12.6. The molecule has 128 valence electrons. The molecule has 0 fully saturated rings. The number of pyridine rings is 1. The highest BCUT2D eigenvalue weighted by Crippen LogP contribution is 2.25. The second kappa shape index (κ2) is 6.64. The average molecular weight is 339 g/mol. The van der Waals surface area contributed by atoms with E-state index in [-0.39, 0.29) is 11.2 Å². The first-order valence-corrected chi connectivity index (χ1v) is 7.56. The number of aromatic nitrogens is 2. The zero-order chi connectivity index (χ0) is 18.0. The number of hydrogen-bond donors (Lipinski definition) is 1. The minimum atomic E-state index is -0.461. The smallest absolute Gasteiger partial charge is 0.281 e. The van der Waals surface area contributed by atoms with Crippen LogP contribution in [0.5, 0.6) is 11.5 Å². The molecule has 1 amide bonds. The summed E-state index contributed by atoms with van der Waals surface area (Å²) >= 11 is 0. The van der Waals surface area contributed by atoms with Gasteiger partial charge in [0, 0.05) is 12.3 Å². The number of methoxy groups -OCH3 is 2. The Morgan fingerprint density at radius 3 is 2.68 bits per heavy atom. The number of carbonyl (C=O) groups is 1. The zero-order valence-corrected chi connectivity index (χ0v) is 14.1. The number of nitrogens with zero attached hydrogens (tertiary/aromatic N) is 2. The van der Waals surface area contributed by atoms with Crippen molar-refractivity contribution in [1.82, 2.24) is 9.38 Å². The molecule has 0 bridgehead atoms. The molecular weight excluding hydrogens is 322 g/mol. The van der Waals surface area contributed by atoms with E-state index in [1.54, 1.807) is 49.5 Å². The number of nitrogens with one attached hydrogen (secondary N) is 1. The van der Waals surface area contributed by atoms with Crippen molar-refractivity contribution in [2.45, 2.75) is 6.92 Å². The van der Waals surface area contributed by atoms with Gasteiger partial charge in [-0.05, 0) is 31.2 Å². The van der Waals surface area contributed by atoms with Gasteiger partial charge in [0.15, 0.2) is 0 Å². The Bertz CT molecular complexity index is 1010. The molecule has 0 aliphatic rings. The first kappa shape index (κ1) is 16.5. The Hall–Kier alpha value is -3.35. The van der Waals surface area contributed by atoms with E-state index < -0.39 is 5.91 Å². The van der Waals surface area contributed by atoms with Crippen LogP contribution in [0, 0.1) is 6.92 Å². The summed E-state index contributed by atoms with van der Waals surface area (Å²) in [4.78, 5) is 29.6. The van der Waals surface area contributed by atoms with Gasteiger partial charge in [0.1, 0.15) is 22.8 Å². The van der Waals surface area contributed by atoms with Gasteiger partial charge in [-0.25, -0.2) is 4.98 Å².